The SMILES string of the molecule is NC(CC1CCN(Cc2ccc(F)cc2)CC1)C(=O)O. The molecular weight excluding hydrogens is 259 g/mol. The molecule has 0 saturated carbocycles. The highest BCUT2D eigenvalue weighted by Crippen LogP contribution is 2.22. The van der Waals surface area contributed by atoms with Crippen molar-refractivity contribution in [2.24, 2.45) is 11.7 Å². The molecule has 1 aliphatic heterocycles. The highest BCUT2D eigenvalue weighted by Gasteiger charge is 2.23. The molecule has 0 bridgehead atoms. The fourth-order valence-electron chi connectivity index (χ4n) is 2.69. The molecule has 20 heavy (non-hydrogen) atoms. The number of hydrogen-bond donors (Lipinski definition) is 2. The van der Waals surface area contributed by atoms with Crippen molar-refractivity contribution in [1.29, 1.82) is 0 Å². The van der Waals surface area contributed by atoms with Gasteiger partial charge in [0.15, 0.2) is 0 Å². The average molecular weight is 280 g/mol. The van der Waals surface area contributed by atoms with Crippen molar-refractivity contribution >= 4 is 5.97 Å². The van der Waals surface area contributed by atoms with Crippen molar-refractivity contribution in [2.45, 2.75) is 31.8 Å². The number of carbonyl (C=O) groups is 1. The summed E-state index contributed by atoms with van der Waals surface area (Å²) in [5.41, 5.74) is 6.67. The zero-order valence-electron chi connectivity index (χ0n) is 11.5. The van der Waals surface area contributed by atoms with Gasteiger partial charge in [0, 0.05) is 6.54 Å². The van der Waals surface area contributed by atoms with Crippen LogP contribution in [0, 0.1) is 11.7 Å². The van der Waals surface area contributed by atoms with E-state index in [0.717, 1.165) is 38.0 Å². The van der Waals surface area contributed by atoms with Gasteiger partial charge in [-0.15, -0.1) is 0 Å². The van der Waals surface area contributed by atoms with E-state index in [4.69, 9.17) is 10.8 Å². The normalized spacial score (nSPS) is 18.9. The van der Waals surface area contributed by atoms with Gasteiger partial charge in [-0.1, -0.05) is 12.1 Å². The van der Waals surface area contributed by atoms with Gasteiger partial charge in [-0.2, -0.15) is 0 Å². The van der Waals surface area contributed by atoms with Gasteiger partial charge in [0.05, 0.1) is 0 Å². The number of carboxylic acids is 1. The van der Waals surface area contributed by atoms with E-state index in [1.165, 1.54) is 12.1 Å². The molecule has 0 spiro atoms. The number of hydrogen-bond acceptors (Lipinski definition) is 3. The van der Waals surface area contributed by atoms with Crippen LogP contribution in [0.1, 0.15) is 24.8 Å². The lowest BCUT2D eigenvalue weighted by Crippen LogP contribution is -2.38. The Morgan fingerprint density at radius 1 is 1.35 bits per heavy atom. The lowest BCUT2D eigenvalue weighted by atomic mass is 9.90. The molecule has 2 rings (SSSR count). The van der Waals surface area contributed by atoms with Gasteiger partial charge in [0.2, 0.25) is 0 Å². The number of aliphatic carboxylic acids is 1. The molecule has 4 nitrogen and oxygen atoms in total. The van der Waals surface area contributed by atoms with Crippen LogP contribution in [0.25, 0.3) is 0 Å². The first kappa shape index (κ1) is 14.9. The lowest BCUT2D eigenvalue weighted by molar-refractivity contribution is -0.139. The fourth-order valence-corrected chi connectivity index (χ4v) is 2.69. The lowest BCUT2D eigenvalue weighted by Gasteiger charge is -2.32. The minimum Gasteiger partial charge on any atom is -0.480 e. The van der Waals surface area contributed by atoms with Crippen molar-refractivity contribution < 1.29 is 14.3 Å². The Labute approximate surface area is 118 Å². The van der Waals surface area contributed by atoms with E-state index in [0.29, 0.717) is 12.3 Å². The van der Waals surface area contributed by atoms with Crippen molar-refractivity contribution in [2.75, 3.05) is 13.1 Å². The summed E-state index contributed by atoms with van der Waals surface area (Å²) in [6.45, 7) is 2.70. The minimum absolute atomic E-state index is 0.213. The van der Waals surface area contributed by atoms with Crippen molar-refractivity contribution in [3.8, 4) is 0 Å². The third kappa shape index (κ3) is 4.28. The Hall–Kier alpha value is -1.46. The van der Waals surface area contributed by atoms with Crippen LogP contribution in [-0.4, -0.2) is 35.1 Å². The summed E-state index contributed by atoms with van der Waals surface area (Å²) in [5.74, 6) is -0.737. The van der Waals surface area contributed by atoms with Gasteiger partial charge < -0.3 is 10.8 Å². The molecule has 110 valence electrons. The van der Waals surface area contributed by atoms with Crippen LogP contribution in [0.5, 0.6) is 0 Å². The summed E-state index contributed by atoms with van der Waals surface area (Å²) < 4.78 is 12.8. The number of nitrogens with two attached hydrogens (primary N) is 1. The molecule has 1 aromatic rings. The maximum absolute atomic E-state index is 12.8. The third-order valence-electron chi connectivity index (χ3n) is 3.93. The molecule has 0 aliphatic carbocycles. The summed E-state index contributed by atoms with van der Waals surface area (Å²) >= 11 is 0. The smallest absolute Gasteiger partial charge is 0.320 e. The van der Waals surface area contributed by atoms with Crippen LogP contribution in [0.15, 0.2) is 24.3 Å². The zero-order valence-corrected chi connectivity index (χ0v) is 11.5. The Morgan fingerprint density at radius 2 is 1.95 bits per heavy atom. The first-order valence-corrected chi connectivity index (χ1v) is 7.00. The molecule has 5 heteroatoms. The monoisotopic (exact) mass is 280 g/mol. The van der Waals surface area contributed by atoms with Gasteiger partial charge >= 0.3 is 5.97 Å². The van der Waals surface area contributed by atoms with Crippen LogP contribution in [0.4, 0.5) is 4.39 Å². The van der Waals surface area contributed by atoms with Crippen molar-refractivity contribution in [1.82, 2.24) is 4.90 Å². The van der Waals surface area contributed by atoms with Crippen LogP contribution in [0.2, 0.25) is 0 Å². The summed E-state index contributed by atoms with van der Waals surface area (Å²) in [6, 6.07) is 5.83. The second kappa shape index (κ2) is 6.81. The predicted octanol–water partition coefficient (Wildman–Crippen LogP) is 1.84. The molecule has 1 fully saturated rings. The van der Waals surface area contributed by atoms with E-state index in [1.54, 1.807) is 0 Å². The molecule has 1 unspecified atom stereocenters. The van der Waals surface area contributed by atoms with Gasteiger partial charge in [-0.25, -0.2) is 4.39 Å². The number of benzene rings is 1. The van der Waals surface area contributed by atoms with E-state index >= 15 is 0 Å². The second-order valence-corrected chi connectivity index (χ2v) is 5.53. The molecule has 1 atom stereocenters. The Morgan fingerprint density at radius 3 is 2.50 bits per heavy atom. The van der Waals surface area contributed by atoms with Gasteiger partial charge in [0.1, 0.15) is 11.9 Å². The van der Waals surface area contributed by atoms with E-state index in [9.17, 15) is 9.18 Å². The van der Waals surface area contributed by atoms with E-state index in [2.05, 4.69) is 4.90 Å². The minimum atomic E-state index is -0.918. The number of carboxylic acid groups (broad SMARTS) is 1. The number of piperidine rings is 1. The third-order valence-corrected chi connectivity index (χ3v) is 3.93. The highest BCUT2D eigenvalue weighted by molar-refractivity contribution is 5.73. The van der Waals surface area contributed by atoms with E-state index in [1.807, 2.05) is 12.1 Å². The number of nitrogens with zero attached hydrogens (tertiary/aromatic N) is 1. The van der Waals surface area contributed by atoms with Gasteiger partial charge in [-0.3, -0.25) is 9.69 Å². The highest BCUT2D eigenvalue weighted by atomic mass is 19.1. The number of rotatable bonds is 5. The Kier molecular flexibility index (Phi) is 5.09. The zero-order chi connectivity index (χ0) is 14.5. The quantitative estimate of drug-likeness (QED) is 0.863. The van der Waals surface area contributed by atoms with Gasteiger partial charge in [-0.05, 0) is 56.0 Å². The molecule has 0 radical (unpaired) electrons. The van der Waals surface area contributed by atoms with Gasteiger partial charge in [0.25, 0.3) is 0 Å². The fraction of sp³-hybridized carbons (Fsp3) is 0.533. The Balaban J connectivity index is 1.76. The predicted molar refractivity (Wildman–Crippen MR) is 74.6 cm³/mol. The average Bonchev–Trinajstić information content (AvgIpc) is 2.43. The molecule has 1 saturated heterocycles. The molecule has 1 aromatic carbocycles. The molecular formula is C15H21FN2O2. The summed E-state index contributed by atoms with van der Waals surface area (Å²) in [7, 11) is 0. The molecule has 3 N–H and O–H groups in total. The summed E-state index contributed by atoms with van der Waals surface area (Å²) in [5, 5.41) is 8.82. The maximum Gasteiger partial charge on any atom is 0.320 e. The van der Waals surface area contributed by atoms with Crippen LogP contribution >= 0.6 is 0 Å². The standard InChI is InChI=1S/C15H21FN2O2/c16-13-3-1-12(2-4-13)10-18-7-5-11(6-8-18)9-14(17)15(19)20/h1-4,11,14H,5-10,17H2,(H,19,20). The summed E-state index contributed by atoms with van der Waals surface area (Å²) in [6.07, 6.45) is 2.50. The van der Waals surface area contributed by atoms with Crippen LogP contribution < -0.4 is 5.73 Å². The molecule has 0 amide bonds. The maximum atomic E-state index is 12.8. The second-order valence-electron chi connectivity index (χ2n) is 5.53. The van der Waals surface area contributed by atoms with E-state index in [-0.39, 0.29) is 5.82 Å². The topological polar surface area (TPSA) is 66.6 Å². The van der Waals surface area contributed by atoms with Crippen LogP contribution in [-0.2, 0) is 11.3 Å². The summed E-state index contributed by atoms with van der Waals surface area (Å²) in [4.78, 5) is 13.1. The van der Waals surface area contributed by atoms with Crippen molar-refractivity contribution in [3.05, 3.63) is 35.6 Å². The van der Waals surface area contributed by atoms with Crippen molar-refractivity contribution in [3.63, 3.8) is 0 Å². The first-order chi connectivity index (χ1) is 9.54. The molecule has 0 aromatic heterocycles. The number of likely N-dealkylation sites (tertiary alicyclic amines) is 1. The van der Waals surface area contributed by atoms with Crippen LogP contribution in [0.3, 0.4) is 0 Å². The first-order valence-electron chi connectivity index (χ1n) is 7.00. The van der Waals surface area contributed by atoms with E-state index < -0.39 is 12.0 Å². The molecule has 1 heterocycles. The number of halogens is 1. The Bertz CT molecular complexity index is 442. The molecule has 1 aliphatic rings. The largest absolute Gasteiger partial charge is 0.480 e.